The molecule has 0 heterocycles. The van der Waals surface area contributed by atoms with E-state index in [0.717, 1.165) is 6.42 Å². The van der Waals surface area contributed by atoms with Crippen LogP contribution in [0.1, 0.15) is 60.8 Å². The molecule has 0 fully saturated rings. The highest BCUT2D eigenvalue weighted by molar-refractivity contribution is 6.33. The largest absolute Gasteiger partial charge is 0.481 e. The minimum atomic E-state index is -1.10. The van der Waals surface area contributed by atoms with Crippen LogP contribution in [0.5, 0.6) is 0 Å². The van der Waals surface area contributed by atoms with Crippen molar-refractivity contribution in [3.8, 4) is 0 Å². The van der Waals surface area contributed by atoms with Gasteiger partial charge < -0.3 is 9.84 Å². The average Bonchev–Trinajstić information content (AvgIpc) is 2.31. The first kappa shape index (κ1) is 19.6. The molecule has 21 heavy (non-hydrogen) atoms. The number of carbonyl (C=O) groups is 3. The molecule has 0 rings (SSSR count). The molecule has 0 aromatic rings. The van der Waals surface area contributed by atoms with Crippen molar-refractivity contribution < 1.29 is 24.2 Å². The van der Waals surface area contributed by atoms with Crippen molar-refractivity contribution in [3.63, 3.8) is 0 Å². The molecule has 0 aliphatic carbocycles. The Hall–Kier alpha value is -1.39. The normalized spacial score (nSPS) is 12.3. The monoisotopic (exact) mass is 300 g/mol. The number of carboxylic acid groups (broad SMARTS) is 1. The lowest BCUT2D eigenvalue weighted by molar-refractivity contribution is -0.157. The Kier molecular flexibility index (Phi) is 7.07. The van der Waals surface area contributed by atoms with Gasteiger partial charge in [-0.05, 0) is 23.2 Å². The Morgan fingerprint density at radius 2 is 1.57 bits per heavy atom. The van der Waals surface area contributed by atoms with E-state index in [1.165, 1.54) is 0 Å². The summed E-state index contributed by atoms with van der Waals surface area (Å²) in [5.41, 5.74) is -0.139. The zero-order valence-electron chi connectivity index (χ0n) is 14.0. The molecule has 0 aliphatic rings. The van der Waals surface area contributed by atoms with Gasteiger partial charge in [-0.2, -0.15) is 0 Å². The fraction of sp³-hybridized carbons (Fsp3) is 0.812. The van der Waals surface area contributed by atoms with Crippen LogP contribution in [0.3, 0.4) is 0 Å². The fourth-order valence-electron chi connectivity index (χ4n) is 2.15. The first-order chi connectivity index (χ1) is 9.37. The molecule has 0 aliphatic heterocycles. The van der Waals surface area contributed by atoms with Crippen molar-refractivity contribution in [2.45, 2.75) is 60.8 Å². The molecule has 1 N–H and O–H groups in total. The molecule has 0 radical (unpaired) electrons. The van der Waals surface area contributed by atoms with Gasteiger partial charge in [0.1, 0.15) is 0 Å². The summed E-state index contributed by atoms with van der Waals surface area (Å²) in [5, 5.41) is 8.48. The molecule has 0 atom stereocenters. The highest BCUT2D eigenvalue weighted by Gasteiger charge is 2.32. The van der Waals surface area contributed by atoms with E-state index in [1.807, 2.05) is 13.8 Å². The second-order valence-corrected chi connectivity index (χ2v) is 7.38. The molecule has 0 aromatic heterocycles. The number of ketones is 1. The van der Waals surface area contributed by atoms with Crippen LogP contribution in [-0.4, -0.2) is 29.4 Å². The first-order valence-electron chi connectivity index (χ1n) is 7.29. The van der Waals surface area contributed by atoms with E-state index in [4.69, 9.17) is 9.84 Å². The van der Waals surface area contributed by atoms with Gasteiger partial charge in [0, 0.05) is 6.42 Å². The molecule has 0 spiro atoms. The quantitative estimate of drug-likeness (QED) is 0.523. The highest BCUT2D eigenvalue weighted by atomic mass is 16.5. The van der Waals surface area contributed by atoms with Gasteiger partial charge in [-0.3, -0.25) is 9.59 Å². The second-order valence-electron chi connectivity index (χ2n) is 7.38. The number of carboxylic acids is 1. The molecule has 0 bridgehead atoms. The lowest BCUT2D eigenvalue weighted by atomic mass is 9.70. The maximum Gasteiger partial charge on any atom is 0.374 e. The van der Waals surface area contributed by atoms with Gasteiger partial charge in [0.15, 0.2) is 0 Å². The van der Waals surface area contributed by atoms with E-state index >= 15 is 0 Å². The number of ether oxygens (including phenoxy) is 1. The summed E-state index contributed by atoms with van der Waals surface area (Å²) in [6, 6.07) is 0. The van der Waals surface area contributed by atoms with Crippen LogP contribution in [0, 0.1) is 16.7 Å². The van der Waals surface area contributed by atoms with Gasteiger partial charge in [-0.1, -0.05) is 41.5 Å². The highest BCUT2D eigenvalue weighted by Crippen LogP contribution is 2.39. The van der Waals surface area contributed by atoms with Crippen molar-refractivity contribution in [1.82, 2.24) is 0 Å². The molecule has 0 amide bonds. The Balaban J connectivity index is 4.39. The zero-order valence-corrected chi connectivity index (χ0v) is 14.0. The van der Waals surface area contributed by atoms with Crippen LogP contribution in [0.25, 0.3) is 0 Å². The Morgan fingerprint density at radius 1 is 1.05 bits per heavy atom. The third-order valence-corrected chi connectivity index (χ3v) is 3.88. The molecule has 5 nitrogen and oxygen atoms in total. The van der Waals surface area contributed by atoms with Crippen molar-refractivity contribution in [2.75, 3.05) is 6.61 Å². The van der Waals surface area contributed by atoms with E-state index in [-0.39, 0.29) is 30.3 Å². The summed E-state index contributed by atoms with van der Waals surface area (Å²) in [7, 11) is 0. The van der Waals surface area contributed by atoms with Crippen molar-refractivity contribution in [1.29, 1.82) is 0 Å². The lowest BCUT2D eigenvalue weighted by Crippen LogP contribution is -2.32. The number of esters is 1. The van der Waals surface area contributed by atoms with E-state index in [2.05, 4.69) is 27.7 Å². The summed E-state index contributed by atoms with van der Waals surface area (Å²) in [4.78, 5) is 33.3. The van der Waals surface area contributed by atoms with Crippen LogP contribution in [0.15, 0.2) is 0 Å². The Morgan fingerprint density at radius 3 is 2.00 bits per heavy atom. The van der Waals surface area contributed by atoms with Crippen molar-refractivity contribution in [2.24, 2.45) is 16.7 Å². The molecule has 0 unspecified atom stereocenters. The number of aliphatic carboxylic acids is 1. The van der Waals surface area contributed by atoms with Gasteiger partial charge >= 0.3 is 11.9 Å². The van der Waals surface area contributed by atoms with Crippen LogP contribution in [0.4, 0.5) is 0 Å². The Bertz CT molecular complexity index is 393. The number of carbonyl (C=O) groups excluding carboxylic acids is 2. The van der Waals surface area contributed by atoms with Gasteiger partial charge in [-0.15, -0.1) is 0 Å². The van der Waals surface area contributed by atoms with Crippen LogP contribution in [-0.2, 0) is 19.1 Å². The smallest absolute Gasteiger partial charge is 0.374 e. The lowest BCUT2D eigenvalue weighted by Gasteiger charge is -2.37. The van der Waals surface area contributed by atoms with Crippen LogP contribution < -0.4 is 0 Å². The van der Waals surface area contributed by atoms with E-state index in [1.54, 1.807) is 0 Å². The number of Topliss-reactive ketones (excluding diaryl/α,β-unsaturated/α-hetero) is 1. The summed E-state index contributed by atoms with van der Waals surface area (Å²) >= 11 is 0. The minimum absolute atomic E-state index is 0.100. The van der Waals surface area contributed by atoms with E-state index in [0.29, 0.717) is 5.92 Å². The van der Waals surface area contributed by atoms with Gasteiger partial charge in [0.2, 0.25) is 5.78 Å². The van der Waals surface area contributed by atoms with Crippen LogP contribution >= 0.6 is 0 Å². The number of hydrogen-bond donors (Lipinski definition) is 1. The third-order valence-electron chi connectivity index (χ3n) is 3.88. The SMILES string of the molecule is CC(C)C(C)(C)CC(C)(C)COC(=O)C(=O)CCC(=O)O. The number of rotatable bonds is 9. The summed E-state index contributed by atoms with van der Waals surface area (Å²) in [5.74, 6) is -2.33. The first-order valence-corrected chi connectivity index (χ1v) is 7.29. The summed E-state index contributed by atoms with van der Waals surface area (Å²) in [6.07, 6.45) is 0.193. The van der Waals surface area contributed by atoms with Gasteiger partial charge in [0.25, 0.3) is 0 Å². The molecule has 0 saturated carbocycles. The predicted molar refractivity (Wildman–Crippen MR) is 79.9 cm³/mol. The third kappa shape index (κ3) is 7.83. The summed E-state index contributed by atoms with van der Waals surface area (Å²) < 4.78 is 5.05. The maximum absolute atomic E-state index is 11.5. The zero-order chi connectivity index (χ0) is 16.8. The maximum atomic E-state index is 11.5. The van der Waals surface area contributed by atoms with E-state index in [9.17, 15) is 14.4 Å². The summed E-state index contributed by atoms with van der Waals surface area (Å²) in [6.45, 7) is 12.8. The molecule has 0 aromatic carbocycles. The van der Waals surface area contributed by atoms with Crippen molar-refractivity contribution in [3.05, 3.63) is 0 Å². The standard InChI is InChI=1S/C16H28O5/c1-11(2)16(5,6)9-15(3,4)10-21-14(20)12(17)7-8-13(18)19/h11H,7-10H2,1-6H3,(H,18,19). The van der Waals surface area contributed by atoms with Crippen molar-refractivity contribution >= 4 is 17.7 Å². The van der Waals surface area contributed by atoms with E-state index < -0.39 is 17.7 Å². The fourth-order valence-corrected chi connectivity index (χ4v) is 2.15. The number of hydrogen-bond acceptors (Lipinski definition) is 4. The van der Waals surface area contributed by atoms with Gasteiger partial charge in [0.05, 0.1) is 13.0 Å². The average molecular weight is 300 g/mol. The molecule has 122 valence electrons. The predicted octanol–water partition coefficient (Wildman–Crippen LogP) is 3.06. The molecular weight excluding hydrogens is 272 g/mol. The molecular formula is C16H28O5. The Labute approximate surface area is 127 Å². The molecule has 5 heteroatoms. The second kappa shape index (κ2) is 7.57. The van der Waals surface area contributed by atoms with Gasteiger partial charge in [-0.25, -0.2) is 4.79 Å². The minimum Gasteiger partial charge on any atom is -0.481 e. The molecule has 0 saturated heterocycles. The van der Waals surface area contributed by atoms with Crippen LogP contribution in [0.2, 0.25) is 0 Å². The topological polar surface area (TPSA) is 80.7 Å².